The molecular formula is C12H19BO5. The van der Waals surface area contributed by atoms with Crippen molar-refractivity contribution in [3.05, 3.63) is 23.8 Å². The van der Waals surface area contributed by atoms with E-state index in [0.717, 1.165) is 5.56 Å². The van der Waals surface area contributed by atoms with Gasteiger partial charge in [-0.1, -0.05) is 17.7 Å². The molecule has 0 atom stereocenters. The molecular weight excluding hydrogens is 235 g/mol. The molecule has 1 aromatic carbocycles. The molecule has 0 aliphatic carbocycles. The summed E-state index contributed by atoms with van der Waals surface area (Å²) in [6.07, 6.45) is 0. The zero-order chi connectivity index (χ0) is 13.4. The number of methoxy groups -OCH3 is 1. The maximum Gasteiger partial charge on any atom is 0.492 e. The largest absolute Gasteiger partial charge is 0.492 e. The van der Waals surface area contributed by atoms with E-state index in [9.17, 15) is 10.0 Å². The molecule has 100 valence electrons. The van der Waals surface area contributed by atoms with Gasteiger partial charge in [-0.3, -0.25) is 0 Å². The number of benzene rings is 1. The zero-order valence-electron chi connectivity index (χ0n) is 10.8. The molecule has 5 nitrogen and oxygen atoms in total. The van der Waals surface area contributed by atoms with Crippen molar-refractivity contribution in [2.24, 2.45) is 0 Å². The average Bonchev–Trinajstić information content (AvgIpc) is 2.35. The second-order valence-corrected chi connectivity index (χ2v) is 3.87. The fraction of sp³-hybridized carbons (Fsp3) is 0.500. The van der Waals surface area contributed by atoms with Crippen LogP contribution in [0.25, 0.3) is 0 Å². The minimum absolute atomic E-state index is 0.354. The smallest absolute Gasteiger partial charge is 0.492 e. The van der Waals surface area contributed by atoms with Gasteiger partial charge in [0.1, 0.15) is 12.4 Å². The van der Waals surface area contributed by atoms with Crippen LogP contribution in [0.2, 0.25) is 0 Å². The molecule has 0 amide bonds. The van der Waals surface area contributed by atoms with Gasteiger partial charge in [-0.05, 0) is 13.0 Å². The summed E-state index contributed by atoms with van der Waals surface area (Å²) in [7, 11) is 0.0791. The second kappa shape index (κ2) is 8.10. The highest BCUT2D eigenvalue weighted by Crippen LogP contribution is 2.09. The first-order chi connectivity index (χ1) is 8.65. The lowest BCUT2D eigenvalue weighted by molar-refractivity contribution is 0.0545. The highest BCUT2D eigenvalue weighted by Gasteiger charge is 2.17. The Morgan fingerprint density at radius 2 is 1.83 bits per heavy atom. The Hall–Kier alpha value is -1.08. The third kappa shape index (κ3) is 5.06. The van der Waals surface area contributed by atoms with Gasteiger partial charge in [-0.2, -0.15) is 0 Å². The molecule has 1 rings (SSSR count). The lowest BCUT2D eigenvalue weighted by atomic mass is 9.79. The highest BCUT2D eigenvalue weighted by atomic mass is 16.5. The van der Waals surface area contributed by atoms with Crippen LogP contribution >= 0.6 is 0 Å². The molecule has 2 N–H and O–H groups in total. The van der Waals surface area contributed by atoms with Crippen LogP contribution in [0.5, 0.6) is 5.75 Å². The lowest BCUT2D eigenvalue weighted by Crippen LogP contribution is -2.32. The predicted molar refractivity (Wildman–Crippen MR) is 69.2 cm³/mol. The van der Waals surface area contributed by atoms with Crippen molar-refractivity contribution < 1.29 is 24.3 Å². The summed E-state index contributed by atoms with van der Waals surface area (Å²) in [4.78, 5) is 0. The lowest BCUT2D eigenvalue weighted by Gasteiger charge is -2.12. The number of rotatable bonds is 8. The first-order valence-electron chi connectivity index (χ1n) is 5.81. The van der Waals surface area contributed by atoms with Gasteiger partial charge < -0.3 is 24.3 Å². The molecule has 0 aliphatic heterocycles. The average molecular weight is 254 g/mol. The van der Waals surface area contributed by atoms with Crippen LogP contribution in [0.1, 0.15) is 5.56 Å². The van der Waals surface area contributed by atoms with E-state index >= 15 is 0 Å². The molecule has 1 aromatic rings. The van der Waals surface area contributed by atoms with E-state index in [1.54, 1.807) is 19.2 Å². The van der Waals surface area contributed by atoms with Gasteiger partial charge >= 0.3 is 7.12 Å². The SMILES string of the molecule is COCCOCCOc1ccc(C)cc1B(O)O. The van der Waals surface area contributed by atoms with E-state index in [-0.39, 0.29) is 0 Å². The number of ether oxygens (including phenoxy) is 3. The summed E-state index contributed by atoms with van der Waals surface area (Å²) in [5.41, 5.74) is 1.31. The summed E-state index contributed by atoms with van der Waals surface area (Å²) < 4.78 is 15.5. The molecule has 18 heavy (non-hydrogen) atoms. The van der Waals surface area contributed by atoms with Crippen molar-refractivity contribution in [1.82, 2.24) is 0 Å². The molecule has 0 saturated carbocycles. The van der Waals surface area contributed by atoms with Crippen LogP contribution in [0.3, 0.4) is 0 Å². The van der Waals surface area contributed by atoms with E-state index in [1.165, 1.54) is 0 Å². The summed E-state index contributed by atoms with van der Waals surface area (Å²) in [5, 5.41) is 18.5. The molecule has 0 saturated heterocycles. The molecule has 0 aliphatic rings. The van der Waals surface area contributed by atoms with Crippen LogP contribution < -0.4 is 10.2 Å². The fourth-order valence-electron chi connectivity index (χ4n) is 1.46. The summed E-state index contributed by atoms with van der Waals surface area (Å²) in [5.74, 6) is 0.464. The van der Waals surface area contributed by atoms with Crippen LogP contribution in [-0.2, 0) is 9.47 Å². The topological polar surface area (TPSA) is 68.2 Å². The molecule has 6 heteroatoms. The Balaban J connectivity index is 2.42. The van der Waals surface area contributed by atoms with Gasteiger partial charge in [0.2, 0.25) is 0 Å². The molecule has 0 radical (unpaired) electrons. The van der Waals surface area contributed by atoms with Crippen LogP contribution in [-0.4, -0.2) is 50.7 Å². The standard InChI is InChI=1S/C12H19BO5/c1-10-3-4-12(11(9-10)13(14)15)18-8-7-17-6-5-16-2/h3-4,9,14-15H,5-8H2,1-2H3. The van der Waals surface area contributed by atoms with Crippen molar-refractivity contribution in [2.75, 3.05) is 33.5 Å². The maximum atomic E-state index is 9.23. The molecule has 0 spiro atoms. The van der Waals surface area contributed by atoms with Crippen molar-refractivity contribution in [3.8, 4) is 5.75 Å². The maximum absolute atomic E-state index is 9.23. The van der Waals surface area contributed by atoms with Gasteiger partial charge in [0.15, 0.2) is 0 Å². The van der Waals surface area contributed by atoms with Crippen molar-refractivity contribution in [3.63, 3.8) is 0 Å². The molecule has 0 unspecified atom stereocenters. The van der Waals surface area contributed by atoms with Gasteiger partial charge in [0, 0.05) is 12.6 Å². The van der Waals surface area contributed by atoms with Crippen LogP contribution in [0, 0.1) is 6.92 Å². The molecule has 0 bridgehead atoms. The third-order valence-electron chi connectivity index (χ3n) is 2.36. The fourth-order valence-corrected chi connectivity index (χ4v) is 1.46. The normalized spacial score (nSPS) is 10.4. The van der Waals surface area contributed by atoms with E-state index in [1.807, 2.05) is 13.0 Å². The second-order valence-electron chi connectivity index (χ2n) is 3.87. The minimum atomic E-state index is -1.53. The Morgan fingerprint density at radius 1 is 1.11 bits per heavy atom. The molecule has 0 heterocycles. The highest BCUT2D eigenvalue weighted by molar-refractivity contribution is 6.59. The van der Waals surface area contributed by atoms with E-state index in [2.05, 4.69) is 0 Å². The van der Waals surface area contributed by atoms with Crippen molar-refractivity contribution in [2.45, 2.75) is 6.92 Å². The Morgan fingerprint density at radius 3 is 2.50 bits per heavy atom. The third-order valence-corrected chi connectivity index (χ3v) is 2.36. The minimum Gasteiger partial charge on any atom is -0.492 e. The summed E-state index contributed by atoms with van der Waals surface area (Å²) in [6, 6.07) is 5.26. The van der Waals surface area contributed by atoms with Gasteiger partial charge in [0.05, 0.1) is 19.8 Å². The Kier molecular flexibility index (Phi) is 6.74. The first-order valence-corrected chi connectivity index (χ1v) is 5.81. The summed E-state index contributed by atoms with van der Waals surface area (Å²) >= 11 is 0. The van der Waals surface area contributed by atoms with Crippen LogP contribution in [0.4, 0.5) is 0 Å². The van der Waals surface area contributed by atoms with Crippen LogP contribution in [0.15, 0.2) is 18.2 Å². The predicted octanol–water partition coefficient (Wildman–Crippen LogP) is -0.283. The monoisotopic (exact) mass is 254 g/mol. The number of hydrogen-bond acceptors (Lipinski definition) is 5. The quantitative estimate of drug-likeness (QED) is 0.493. The van der Waals surface area contributed by atoms with Gasteiger partial charge in [0.25, 0.3) is 0 Å². The molecule has 0 fully saturated rings. The van der Waals surface area contributed by atoms with E-state index in [4.69, 9.17) is 14.2 Å². The number of hydrogen-bond donors (Lipinski definition) is 2. The first kappa shape index (κ1) is 15.0. The molecule has 0 aromatic heterocycles. The Bertz CT molecular complexity index is 356. The number of aryl methyl sites for hydroxylation is 1. The van der Waals surface area contributed by atoms with Crippen molar-refractivity contribution in [1.29, 1.82) is 0 Å². The zero-order valence-corrected chi connectivity index (χ0v) is 10.8. The van der Waals surface area contributed by atoms with E-state index < -0.39 is 7.12 Å². The van der Waals surface area contributed by atoms with Gasteiger partial charge in [-0.25, -0.2) is 0 Å². The van der Waals surface area contributed by atoms with Crippen molar-refractivity contribution >= 4 is 12.6 Å². The Labute approximate surface area is 107 Å². The van der Waals surface area contributed by atoms with E-state index in [0.29, 0.717) is 37.6 Å². The van der Waals surface area contributed by atoms with Gasteiger partial charge in [-0.15, -0.1) is 0 Å². The summed E-state index contributed by atoms with van der Waals surface area (Å²) in [6.45, 7) is 3.72.